The minimum Gasteiger partial charge on any atom is -0.462 e. The fraction of sp³-hybridized carbons (Fsp3) is 0.905. The Balaban J connectivity index is 5.26. The first-order chi connectivity index (χ1) is 49.9. The van der Waals surface area contributed by atoms with E-state index < -0.39 is 97.5 Å². The first-order valence-electron chi connectivity index (χ1n) is 42.8. The van der Waals surface area contributed by atoms with Crippen molar-refractivity contribution in [1.82, 2.24) is 0 Å². The van der Waals surface area contributed by atoms with Crippen LogP contribution in [0.2, 0.25) is 0 Å². The van der Waals surface area contributed by atoms with Gasteiger partial charge in [-0.2, -0.15) is 0 Å². The molecule has 0 amide bonds. The van der Waals surface area contributed by atoms with E-state index in [1.165, 1.54) is 218 Å². The first kappa shape index (κ1) is 101. The zero-order chi connectivity index (χ0) is 75.6. The predicted molar refractivity (Wildman–Crippen MR) is 423 cm³/mol. The van der Waals surface area contributed by atoms with Crippen LogP contribution < -0.4 is 0 Å². The van der Waals surface area contributed by atoms with Crippen LogP contribution in [0, 0.1) is 11.8 Å². The van der Waals surface area contributed by atoms with Gasteiger partial charge in [0.05, 0.1) is 26.4 Å². The van der Waals surface area contributed by atoms with E-state index in [0.717, 1.165) is 121 Å². The highest BCUT2D eigenvalue weighted by atomic mass is 31.2. The molecule has 0 rings (SSSR count). The van der Waals surface area contributed by atoms with Crippen molar-refractivity contribution in [3.05, 3.63) is 24.3 Å². The molecule has 17 nitrogen and oxygen atoms in total. The van der Waals surface area contributed by atoms with Crippen LogP contribution in [0.1, 0.15) is 420 Å². The summed E-state index contributed by atoms with van der Waals surface area (Å²) >= 11 is 0. The van der Waals surface area contributed by atoms with Crippen LogP contribution in [0.15, 0.2) is 24.3 Å². The fourth-order valence-electron chi connectivity index (χ4n) is 12.5. The molecule has 2 unspecified atom stereocenters. The molecule has 103 heavy (non-hydrogen) atoms. The minimum absolute atomic E-state index is 0.102. The lowest BCUT2D eigenvalue weighted by Crippen LogP contribution is -2.30. The number of aliphatic hydroxyl groups is 1. The standard InChI is InChI=1S/C84H160O17P2/c1-7-9-11-13-15-17-19-21-23-24-25-26-27-28-29-31-33-37-43-50-56-62-68-83(88)100-79(72-94-81(86)66-60-54-48-42-36-32-30-22-20-18-16-14-12-10-8-2)74-98-102(90,91)96-70-78(85)71-97-103(92,93)99-75-80(73-95-82(87)67-61-55-49-45-39-41-47-53-59-65-77(5)6)101-84(89)69-63-57-51-44-38-34-35-40-46-52-58-64-76(3)4/h18,20,22,30,76-80,85H,7-17,19,21,23-29,31-75H2,1-6H3,(H,90,91)(H,92,93)/b20-18-,30-22-/t78-,79-,80-/m1/s1. The summed E-state index contributed by atoms with van der Waals surface area (Å²) in [6.07, 6.45) is 68.9. The number of carbonyl (C=O) groups is 4. The summed E-state index contributed by atoms with van der Waals surface area (Å²) in [7, 11) is -9.94. The number of rotatable bonds is 81. The van der Waals surface area contributed by atoms with E-state index >= 15 is 0 Å². The molecule has 0 aromatic heterocycles. The Morgan fingerprint density at radius 3 is 0.796 bits per heavy atom. The van der Waals surface area contributed by atoms with E-state index in [0.29, 0.717) is 25.7 Å². The second kappa shape index (κ2) is 75.0. The number of unbranched alkanes of at least 4 members (excludes halogenated alkanes) is 48. The van der Waals surface area contributed by atoms with Crippen LogP contribution in [0.25, 0.3) is 0 Å². The zero-order valence-corrected chi connectivity index (χ0v) is 68.9. The molecular weight excluding hydrogens is 1340 g/mol. The number of carbonyl (C=O) groups excluding carboxylic acids is 4. The van der Waals surface area contributed by atoms with Gasteiger partial charge in [0, 0.05) is 25.7 Å². The van der Waals surface area contributed by atoms with E-state index in [-0.39, 0.29) is 25.7 Å². The average molecular weight is 1500 g/mol. The van der Waals surface area contributed by atoms with Crippen molar-refractivity contribution in [1.29, 1.82) is 0 Å². The first-order valence-corrected chi connectivity index (χ1v) is 45.8. The number of hydrogen-bond acceptors (Lipinski definition) is 15. The van der Waals surface area contributed by atoms with Crippen LogP contribution in [-0.4, -0.2) is 96.7 Å². The van der Waals surface area contributed by atoms with Gasteiger partial charge in [0.15, 0.2) is 12.2 Å². The highest BCUT2D eigenvalue weighted by Gasteiger charge is 2.30. The largest absolute Gasteiger partial charge is 0.472 e. The van der Waals surface area contributed by atoms with Gasteiger partial charge >= 0.3 is 39.5 Å². The van der Waals surface area contributed by atoms with Crippen LogP contribution in [0.5, 0.6) is 0 Å². The van der Waals surface area contributed by atoms with Crippen molar-refractivity contribution in [3.8, 4) is 0 Å². The van der Waals surface area contributed by atoms with Crippen molar-refractivity contribution >= 4 is 39.5 Å². The van der Waals surface area contributed by atoms with Gasteiger partial charge in [-0.05, 0) is 63.2 Å². The lowest BCUT2D eigenvalue weighted by atomic mass is 10.0. The predicted octanol–water partition coefficient (Wildman–Crippen LogP) is 25.0. The van der Waals surface area contributed by atoms with Crippen LogP contribution >= 0.6 is 15.6 Å². The Labute approximate surface area is 631 Å². The van der Waals surface area contributed by atoms with Crippen molar-refractivity contribution in [2.24, 2.45) is 11.8 Å². The quantitative estimate of drug-likeness (QED) is 0.0169. The van der Waals surface area contributed by atoms with Gasteiger partial charge < -0.3 is 33.8 Å². The number of aliphatic hydroxyl groups excluding tert-OH is 1. The molecule has 0 saturated carbocycles. The molecule has 0 aliphatic rings. The summed E-state index contributed by atoms with van der Waals surface area (Å²) in [4.78, 5) is 73.1. The molecule has 0 aliphatic carbocycles. The second-order valence-corrected chi connectivity index (χ2v) is 33.4. The molecule has 5 atom stereocenters. The molecule has 0 spiro atoms. The average Bonchev–Trinajstić information content (AvgIpc) is 0.965. The van der Waals surface area contributed by atoms with Crippen molar-refractivity contribution in [2.45, 2.75) is 439 Å². The smallest absolute Gasteiger partial charge is 0.462 e. The summed E-state index contributed by atoms with van der Waals surface area (Å²) in [5.74, 6) is -0.631. The summed E-state index contributed by atoms with van der Waals surface area (Å²) in [5.41, 5.74) is 0. The monoisotopic (exact) mass is 1500 g/mol. The summed E-state index contributed by atoms with van der Waals surface area (Å²) in [5, 5.41) is 10.7. The molecule has 19 heteroatoms. The maximum Gasteiger partial charge on any atom is 0.472 e. The summed E-state index contributed by atoms with van der Waals surface area (Å²) < 4.78 is 68.8. The Bertz CT molecular complexity index is 2070. The molecule has 0 aromatic carbocycles. The molecule has 0 heterocycles. The SMILES string of the molecule is CCCCCC/C=C\C=C/CCCCCCCC(=O)OC[C@H](COP(=O)(O)OC[C@@H](O)COP(=O)(O)OC[C@@H](COC(=O)CCCCCCCCCCCC(C)C)OC(=O)CCCCCCCCCCCCCC(C)C)OC(=O)CCCCCCCCCCCCCCCCCCCCCCCC. The van der Waals surface area contributed by atoms with Gasteiger partial charge in [0.2, 0.25) is 0 Å². The Morgan fingerprint density at radius 1 is 0.301 bits per heavy atom. The van der Waals surface area contributed by atoms with Crippen LogP contribution in [-0.2, 0) is 65.4 Å². The molecule has 0 aliphatic heterocycles. The zero-order valence-electron chi connectivity index (χ0n) is 67.1. The van der Waals surface area contributed by atoms with Gasteiger partial charge in [-0.15, -0.1) is 0 Å². The van der Waals surface area contributed by atoms with E-state index in [1.807, 2.05) is 0 Å². The molecule has 0 bridgehead atoms. The Hall–Kier alpha value is -2.46. The third-order valence-electron chi connectivity index (χ3n) is 19.1. The topological polar surface area (TPSA) is 237 Å². The van der Waals surface area contributed by atoms with E-state index in [1.54, 1.807) is 0 Å². The van der Waals surface area contributed by atoms with Crippen LogP contribution in [0.3, 0.4) is 0 Å². The lowest BCUT2D eigenvalue weighted by molar-refractivity contribution is -0.161. The van der Waals surface area contributed by atoms with E-state index in [2.05, 4.69) is 65.8 Å². The van der Waals surface area contributed by atoms with Crippen molar-refractivity contribution < 1.29 is 80.2 Å². The lowest BCUT2D eigenvalue weighted by Gasteiger charge is -2.21. The van der Waals surface area contributed by atoms with Crippen molar-refractivity contribution in [3.63, 3.8) is 0 Å². The molecule has 0 radical (unpaired) electrons. The number of phosphoric ester groups is 2. The van der Waals surface area contributed by atoms with Crippen molar-refractivity contribution in [2.75, 3.05) is 39.6 Å². The van der Waals surface area contributed by atoms with E-state index in [4.69, 9.17) is 37.0 Å². The van der Waals surface area contributed by atoms with Gasteiger partial charge in [-0.25, -0.2) is 9.13 Å². The number of hydrogen-bond donors (Lipinski definition) is 3. The third-order valence-corrected chi connectivity index (χ3v) is 21.0. The normalized spacial score (nSPS) is 14.0. The maximum atomic E-state index is 13.1. The summed E-state index contributed by atoms with van der Waals surface area (Å²) in [6.45, 7) is 9.56. The fourth-order valence-corrected chi connectivity index (χ4v) is 14.1. The van der Waals surface area contributed by atoms with Gasteiger partial charge in [-0.1, -0.05) is 368 Å². The summed E-state index contributed by atoms with van der Waals surface area (Å²) in [6, 6.07) is 0. The Kier molecular flexibility index (Phi) is 73.2. The second-order valence-electron chi connectivity index (χ2n) is 30.5. The minimum atomic E-state index is -4.97. The van der Waals surface area contributed by atoms with Gasteiger partial charge in [0.1, 0.15) is 19.3 Å². The Morgan fingerprint density at radius 2 is 0.524 bits per heavy atom. The number of phosphoric acid groups is 2. The highest BCUT2D eigenvalue weighted by Crippen LogP contribution is 2.45. The maximum absolute atomic E-state index is 13.1. The molecular formula is C84H160O17P2. The molecule has 0 aromatic rings. The highest BCUT2D eigenvalue weighted by molar-refractivity contribution is 7.47. The van der Waals surface area contributed by atoms with Gasteiger partial charge in [-0.3, -0.25) is 37.3 Å². The molecule has 0 fully saturated rings. The number of esters is 4. The molecule has 3 N–H and O–H groups in total. The van der Waals surface area contributed by atoms with Crippen LogP contribution in [0.4, 0.5) is 0 Å². The number of ether oxygens (including phenoxy) is 4. The number of allylic oxidation sites excluding steroid dienone is 4. The van der Waals surface area contributed by atoms with E-state index in [9.17, 15) is 43.2 Å². The molecule has 608 valence electrons. The third kappa shape index (κ3) is 77.5. The van der Waals surface area contributed by atoms with Gasteiger partial charge in [0.25, 0.3) is 0 Å². The molecule has 0 saturated heterocycles.